The fourth-order valence-electron chi connectivity index (χ4n) is 1.53. The second kappa shape index (κ2) is 4.18. The number of fused-ring (bicyclic) bond motifs is 1. The smallest absolute Gasteiger partial charge is 0.338 e. The Morgan fingerprint density at radius 2 is 2.19 bits per heavy atom. The van der Waals surface area contributed by atoms with Gasteiger partial charge in [0, 0.05) is 5.39 Å². The van der Waals surface area contributed by atoms with Crippen molar-refractivity contribution < 1.29 is 14.6 Å². The van der Waals surface area contributed by atoms with Crippen molar-refractivity contribution in [2.75, 3.05) is 6.61 Å². The van der Waals surface area contributed by atoms with Crippen LogP contribution in [0.15, 0.2) is 30.3 Å². The standard InChI is InChI=1S/C12H11NO3/c1-2-16-12(15)9-7-11(14)13-10-6-4-3-5-8(9)10/h3-7H,2H2,1H3,(H,13,14)/p-1. The fraction of sp³-hybridized carbons (Fsp3) is 0.167. The molecule has 1 aromatic heterocycles. The van der Waals surface area contributed by atoms with E-state index in [0.29, 0.717) is 10.9 Å². The molecule has 0 saturated carbocycles. The van der Waals surface area contributed by atoms with Gasteiger partial charge in [-0.1, -0.05) is 18.2 Å². The minimum Gasteiger partial charge on any atom is -0.859 e. The van der Waals surface area contributed by atoms with E-state index < -0.39 is 11.8 Å². The number of para-hydroxylation sites is 1. The first kappa shape index (κ1) is 10.4. The number of carbonyl (C=O) groups is 1. The highest BCUT2D eigenvalue weighted by molar-refractivity contribution is 6.03. The van der Waals surface area contributed by atoms with Crippen LogP contribution in [-0.2, 0) is 4.74 Å². The zero-order valence-corrected chi connectivity index (χ0v) is 8.77. The third kappa shape index (κ3) is 1.82. The maximum Gasteiger partial charge on any atom is 0.338 e. The van der Waals surface area contributed by atoms with Crippen LogP contribution in [0.25, 0.3) is 10.9 Å². The highest BCUT2D eigenvalue weighted by Gasteiger charge is 2.11. The summed E-state index contributed by atoms with van der Waals surface area (Å²) < 4.78 is 4.89. The average Bonchev–Trinajstić information content (AvgIpc) is 2.28. The second-order valence-electron chi connectivity index (χ2n) is 3.25. The van der Waals surface area contributed by atoms with E-state index in [1.165, 1.54) is 6.07 Å². The number of hydrogen-bond acceptors (Lipinski definition) is 4. The van der Waals surface area contributed by atoms with Crippen molar-refractivity contribution in [2.45, 2.75) is 6.92 Å². The molecule has 82 valence electrons. The van der Waals surface area contributed by atoms with Gasteiger partial charge in [0.15, 0.2) is 0 Å². The summed E-state index contributed by atoms with van der Waals surface area (Å²) in [7, 11) is 0. The van der Waals surface area contributed by atoms with Crippen molar-refractivity contribution in [3.8, 4) is 5.88 Å². The van der Waals surface area contributed by atoms with Crippen LogP contribution >= 0.6 is 0 Å². The number of benzene rings is 1. The van der Waals surface area contributed by atoms with Crippen LogP contribution in [0.4, 0.5) is 0 Å². The van der Waals surface area contributed by atoms with Crippen LogP contribution in [0.1, 0.15) is 17.3 Å². The Hall–Kier alpha value is -2.10. The Labute approximate surface area is 92.5 Å². The van der Waals surface area contributed by atoms with E-state index >= 15 is 0 Å². The molecule has 0 fully saturated rings. The number of pyridine rings is 1. The summed E-state index contributed by atoms with van der Waals surface area (Å²) in [6.45, 7) is 2.00. The van der Waals surface area contributed by atoms with E-state index in [-0.39, 0.29) is 12.2 Å². The number of carbonyl (C=O) groups excluding carboxylic acids is 1. The predicted octanol–water partition coefficient (Wildman–Crippen LogP) is 1.49. The number of aromatic nitrogens is 1. The largest absolute Gasteiger partial charge is 0.859 e. The lowest BCUT2D eigenvalue weighted by atomic mass is 10.1. The molecule has 1 heterocycles. The molecule has 16 heavy (non-hydrogen) atoms. The molecule has 0 aliphatic heterocycles. The number of hydrogen-bond donors (Lipinski definition) is 0. The summed E-state index contributed by atoms with van der Waals surface area (Å²) in [6, 6.07) is 8.20. The normalized spacial score (nSPS) is 10.3. The summed E-state index contributed by atoms with van der Waals surface area (Å²) in [5, 5.41) is 11.9. The molecular weight excluding hydrogens is 206 g/mol. The van der Waals surface area contributed by atoms with Gasteiger partial charge in [-0.15, -0.1) is 0 Å². The number of nitrogens with zero attached hydrogens (tertiary/aromatic N) is 1. The third-order valence-electron chi connectivity index (χ3n) is 2.19. The highest BCUT2D eigenvalue weighted by Crippen LogP contribution is 2.20. The number of rotatable bonds is 2. The van der Waals surface area contributed by atoms with Crippen LogP contribution in [0.2, 0.25) is 0 Å². The molecule has 0 atom stereocenters. The summed E-state index contributed by atoms with van der Waals surface area (Å²) in [5.41, 5.74) is 0.788. The number of ether oxygens (including phenoxy) is 1. The van der Waals surface area contributed by atoms with E-state index in [2.05, 4.69) is 4.98 Å². The van der Waals surface area contributed by atoms with Crippen molar-refractivity contribution in [3.05, 3.63) is 35.9 Å². The molecule has 0 saturated heterocycles. The number of esters is 1. The van der Waals surface area contributed by atoms with Gasteiger partial charge in [-0.2, -0.15) is 0 Å². The van der Waals surface area contributed by atoms with E-state index in [0.717, 1.165) is 0 Å². The summed E-state index contributed by atoms with van der Waals surface area (Å²) in [4.78, 5) is 15.4. The van der Waals surface area contributed by atoms with Gasteiger partial charge in [0.2, 0.25) is 0 Å². The summed E-state index contributed by atoms with van der Waals surface area (Å²) in [6.07, 6.45) is 0. The Balaban J connectivity index is 2.63. The van der Waals surface area contributed by atoms with Crippen molar-refractivity contribution in [3.63, 3.8) is 0 Å². The molecule has 0 aliphatic rings. The van der Waals surface area contributed by atoms with Crippen LogP contribution in [-0.4, -0.2) is 17.6 Å². The molecular formula is C12H10NO3-. The molecule has 0 bridgehead atoms. The lowest BCUT2D eigenvalue weighted by molar-refractivity contribution is -0.274. The zero-order chi connectivity index (χ0) is 11.5. The highest BCUT2D eigenvalue weighted by atomic mass is 16.5. The predicted molar refractivity (Wildman–Crippen MR) is 57.1 cm³/mol. The second-order valence-corrected chi connectivity index (χ2v) is 3.25. The molecule has 0 unspecified atom stereocenters. The van der Waals surface area contributed by atoms with Crippen LogP contribution in [0.5, 0.6) is 5.88 Å². The Kier molecular flexibility index (Phi) is 2.72. The monoisotopic (exact) mass is 216 g/mol. The molecule has 4 heteroatoms. The molecule has 2 aromatic rings. The van der Waals surface area contributed by atoms with Crippen molar-refractivity contribution >= 4 is 16.9 Å². The van der Waals surface area contributed by atoms with Crippen molar-refractivity contribution in [2.24, 2.45) is 0 Å². The van der Waals surface area contributed by atoms with Crippen LogP contribution in [0.3, 0.4) is 0 Å². The fourth-order valence-corrected chi connectivity index (χ4v) is 1.53. The van der Waals surface area contributed by atoms with E-state index in [1.54, 1.807) is 31.2 Å². The van der Waals surface area contributed by atoms with Gasteiger partial charge >= 0.3 is 5.97 Å². The topological polar surface area (TPSA) is 62.2 Å². The van der Waals surface area contributed by atoms with Gasteiger partial charge in [-0.25, -0.2) is 4.79 Å². The summed E-state index contributed by atoms with van der Waals surface area (Å²) >= 11 is 0. The van der Waals surface area contributed by atoms with Crippen LogP contribution in [0, 0.1) is 0 Å². The third-order valence-corrected chi connectivity index (χ3v) is 2.19. The van der Waals surface area contributed by atoms with Gasteiger partial charge in [0.05, 0.1) is 17.7 Å². The Morgan fingerprint density at radius 3 is 2.94 bits per heavy atom. The van der Waals surface area contributed by atoms with Crippen LogP contribution < -0.4 is 5.11 Å². The maximum atomic E-state index is 11.6. The van der Waals surface area contributed by atoms with E-state index in [4.69, 9.17) is 4.74 Å². The molecule has 0 spiro atoms. The molecule has 0 aliphatic carbocycles. The first-order valence-electron chi connectivity index (χ1n) is 4.96. The maximum absolute atomic E-state index is 11.6. The first-order chi connectivity index (χ1) is 7.72. The van der Waals surface area contributed by atoms with Gasteiger partial charge in [0.25, 0.3) is 0 Å². The van der Waals surface area contributed by atoms with Gasteiger partial charge in [-0.05, 0) is 24.9 Å². The van der Waals surface area contributed by atoms with E-state index in [1.807, 2.05) is 0 Å². The van der Waals surface area contributed by atoms with Gasteiger partial charge in [-0.3, -0.25) is 4.98 Å². The molecule has 4 nitrogen and oxygen atoms in total. The van der Waals surface area contributed by atoms with Gasteiger partial charge < -0.3 is 9.84 Å². The van der Waals surface area contributed by atoms with Crippen molar-refractivity contribution in [1.29, 1.82) is 0 Å². The Morgan fingerprint density at radius 1 is 1.44 bits per heavy atom. The first-order valence-corrected chi connectivity index (χ1v) is 4.96. The quantitative estimate of drug-likeness (QED) is 0.713. The minimum absolute atomic E-state index is 0.275. The molecule has 1 aromatic carbocycles. The SMILES string of the molecule is CCOC(=O)c1cc([O-])nc2ccccc12. The lowest BCUT2D eigenvalue weighted by Crippen LogP contribution is -2.07. The molecule has 0 amide bonds. The van der Waals surface area contributed by atoms with Gasteiger partial charge in [0.1, 0.15) is 0 Å². The zero-order valence-electron chi connectivity index (χ0n) is 8.77. The lowest BCUT2D eigenvalue weighted by Gasteiger charge is -2.10. The molecule has 0 radical (unpaired) electrons. The molecule has 2 rings (SSSR count). The summed E-state index contributed by atoms with van der Waals surface area (Å²) in [5.74, 6) is -0.917. The minimum atomic E-state index is -0.488. The molecule has 0 N–H and O–H groups in total. The van der Waals surface area contributed by atoms with E-state index in [9.17, 15) is 9.90 Å². The average molecular weight is 216 g/mol. The Bertz CT molecular complexity index is 537. The van der Waals surface area contributed by atoms with Crippen molar-refractivity contribution in [1.82, 2.24) is 4.98 Å².